The highest BCUT2D eigenvalue weighted by molar-refractivity contribution is 5.87. The first-order valence-electron chi connectivity index (χ1n) is 11.7. The SMILES string of the molecule is Fc1ccc(CCCN(CC2CCCCC2)C2CC2)cc1.NC(=O)Nc1ccccc1. The molecule has 0 unspecified atom stereocenters. The molecule has 0 saturated heterocycles. The van der Waals surface area contributed by atoms with Gasteiger partial charge < -0.3 is 16.0 Å². The molecule has 0 bridgehead atoms. The van der Waals surface area contributed by atoms with Crippen molar-refractivity contribution in [3.05, 3.63) is 66.0 Å². The molecule has 2 aliphatic rings. The van der Waals surface area contributed by atoms with Crippen LogP contribution in [0.2, 0.25) is 0 Å². The lowest BCUT2D eigenvalue weighted by Gasteiger charge is -2.29. The molecular formula is C26H36FN3O. The van der Waals surface area contributed by atoms with Crippen LogP contribution < -0.4 is 11.1 Å². The third-order valence-corrected chi connectivity index (χ3v) is 6.15. The van der Waals surface area contributed by atoms with Gasteiger partial charge in [0.25, 0.3) is 0 Å². The zero-order chi connectivity index (χ0) is 21.9. The molecule has 2 aliphatic carbocycles. The van der Waals surface area contributed by atoms with Gasteiger partial charge in [-0.05, 0) is 80.8 Å². The van der Waals surface area contributed by atoms with Gasteiger partial charge in [-0.15, -0.1) is 0 Å². The molecule has 2 saturated carbocycles. The Morgan fingerprint density at radius 2 is 1.65 bits per heavy atom. The zero-order valence-corrected chi connectivity index (χ0v) is 18.4. The summed E-state index contributed by atoms with van der Waals surface area (Å²) in [5.74, 6) is 0.820. The van der Waals surface area contributed by atoms with Gasteiger partial charge in [-0.25, -0.2) is 9.18 Å². The molecular weight excluding hydrogens is 389 g/mol. The number of amides is 2. The van der Waals surface area contributed by atoms with Gasteiger partial charge in [-0.1, -0.05) is 49.6 Å². The Hall–Kier alpha value is -2.40. The maximum atomic E-state index is 12.9. The van der Waals surface area contributed by atoms with Crippen molar-refractivity contribution in [3.63, 3.8) is 0 Å². The van der Waals surface area contributed by atoms with Crippen LogP contribution in [0.4, 0.5) is 14.9 Å². The summed E-state index contributed by atoms with van der Waals surface area (Å²) in [7, 11) is 0. The van der Waals surface area contributed by atoms with Crippen molar-refractivity contribution in [3.8, 4) is 0 Å². The van der Waals surface area contributed by atoms with Gasteiger partial charge in [0.15, 0.2) is 0 Å². The molecule has 0 aliphatic heterocycles. The molecule has 168 valence electrons. The Morgan fingerprint density at radius 1 is 0.968 bits per heavy atom. The quantitative estimate of drug-likeness (QED) is 0.546. The number of benzene rings is 2. The van der Waals surface area contributed by atoms with Gasteiger partial charge in [-0.3, -0.25) is 0 Å². The Labute approximate surface area is 186 Å². The summed E-state index contributed by atoms with van der Waals surface area (Å²) >= 11 is 0. The number of urea groups is 1. The van der Waals surface area contributed by atoms with E-state index in [0.29, 0.717) is 0 Å². The van der Waals surface area contributed by atoms with Gasteiger partial charge in [0.2, 0.25) is 0 Å². The summed E-state index contributed by atoms with van der Waals surface area (Å²) in [6.07, 6.45) is 12.3. The standard InChI is InChI=1S/C19H28FN.C7H8N2O/c20-18-10-8-16(9-11-18)7-4-14-21(19-12-13-19)15-17-5-2-1-3-6-17;8-7(10)9-6-4-2-1-3-5-6/h8-11,17,19H,1-7,12-15H2;1-5H,(H3,8,9,10). The van der Waals surface area contributed by atoms with Crippen LogP contribution in [0.5, 0.6) is 0 Å². The summed E-state index contributed by atoms with van der Waals surface area (Å²) in [5.41, 5.74) is 6.86. The van der Waals surface area contributed by atoms with E-state index in [-0.39, 0.29) is 5.82 Å². The van der Waals surface area contributed by atoms with E-state index < -0.39 is 6.03 Å². The van der Waals surface area contributed by atoms with Gasteiger partial charge in [-0.2, -0.15) is 0 Å². The largest absolute Gasteiger partial charge is 0.351 e. The minimum Gasteiger partial charge on any atom is -0.351 e. The van der Waals surface area contributed by atoms with E-state index in [9.17, 15) is 9.18 Å². The van der Waals surface area contributed by atoms with E-state index in [2.05, 4.69) is 10.2 Å². The van der Waals surface area contributed by atoms with Crippen LogP contribution in [-0.4, -0.2) is 30.1 Å². The van der Waals surface area contributed by atoms with Crippen molar-refractivity contribution in [1.29, 1.82) is 0 Å². The lowest BCUT2D eigenvalue weighted by Crippen LogP contribution is -2.33. The third kappa shape index (κ3) is 9.09. The summed E-state index contributed by atoms with van der Waals surface area (Å²) < 4.78 is 12.9. The number of anilines is 1. The maximum Gasteiger partial charge on any atom is 0.316 e. The number of nitrogens with one attached hydrogen (secondary N) is 1. The van der Waals surface area contributed by atoms with Gasteiger partial charge in [0.1, 0.15) is 5.82 Å². The Morgan fingerprint density at radius 3 is 2.26 bits per heavy atom. The summed E-state index contributed by atoms with van der Waals surface area (Å²) in [6.45, 7) is 2.55. The second kappa shape index (κ2) is 12.5. The van der Waals surface area contributed by atoms with Crippen LogP contribution in [0.25, 0.3) is 0 Å². The summed E-state index contributed by atoms with van der Waals surface area (Å²) in [6, 6.07) is 16.4. The number of carbonyl (C=O) groups excluding carboxylic acids is 1. The molecule has 0 atom stereocenters. The van der Waals surface area contributed by atoms with Crippen LogP contribution in [0, 0.1) is 11.7 Å². The van der Waals surface area contributed by atoms with Crippen molar-refractivity contribution in [2.24, 2.45) is 11.7 Å². The topological polar surface area (TPSA) is 58.4 Å². The molecule has 3 N–H and O–H groups in total. The van der Waals surface area contributed by atoms with E-state index in [4.69, 9.17) is 5.73 Å². The van der Waals surface area contributed by atoms with Crippen LogP contribution in [0.3, 0.4) is 0 Å². The first-order valence-corrected chi connectivity index (χ1v) is 11.7. The second-order valence-electron chi connectivity index (χ2n) is 8.82. The van der Waals surface area contributed by atoms with Gasteiger partial charge >= 0.3 is 6.03 Å². The highest BCUT2D eigenvalue weighted by Gasteiger charge is 2.30. The van der Waals surface area contributed by atoms with E-state index in [0.717, 1.165) is 24.1 Å². The molecule has 2 aromatic rings. The number of hydrogen-bond acceptors (Lipinski definition) is 2. The van der Waals surface area contributed by atoms with Crippen molar-refractivity contribution in [1.82, 2.24) is 4.90 Å². The zero-order valence-electron chi connectivity index (χ0n) is 18.4. The van der Waals surface area contributed by atoms with Gasteiger partial charge in [0.05, 0.1) is 0 Å². The van der Waals surface area contributed by atoms with Crippen LogP contribution in [0.15, 0.2) is 54.6 Å². The average Bonchev–Trinajstić information content (AvgIpc) is 3.61. The van der Waals surface area contributed by atoms with Crippen LogP contribution in [0.1, 0.15) is 56.9 Å². The van der Waals surface area contributed by atoms with Crippen molar-refractivity contribution in [2.75, 3.05) is 18.4 Å². The molecule has 0 heterocycles. The fourth-order valence-corrected chi connectivity index (χ4v) is 4.37. The monoisotopic (exact) mass is 425 g/mol. The van der Waals surface area contributed by atoms with Crippen molar-refractivity contribution in [2.45, 2.75) is 63.8 Å². The highest BCUT2D eigenvalue weighted by Crippen LogP contribution is 2.31. The van der Waals surface area contributed by atoms with E-state index in [1.54, 1.807) is 24.3 Å². The summed E-state index contributed by atoms with van der Waals surface area (Å²) in [5, 5.41) is 2.44. The molecule has 0 spiro atoms. The fraction of sp³-hybridized carbons (Fsp3) is 0.500. The first kappa shape index (κ1) is 23.3. The summed E-state index contributed by atoms with van der Waals surface area (Å²) in [4.78, 5) is 13.0. The maximum absolute atomic E-state index is 12.9. The third-order valence-electron chi connectivity index (χ3n) is 6.15. The van der Waals surface area contributed by atoms with Crippen LogP contribution >= 0.6 is 0 Å². The van der Waals surface area contributed by atoms with Crippen molar-refractivity contribution < 1.29 is 9.18 Å². The predicted molar refractivity (Wildman–Crippen MR) is 126 cm³/mol. The molecule has 0 aromatic heterocycles. The number of nitrogens with two attached hydrogens (primary N) is 1. The molecule has 31 heavy (non-hydrogen) atoms. The average molecular weight is 426 g/mol. The molecule has 5 heteroatoms. The second-order valence-corrected chi connectivity index (χ2v) is 8.82. The van der Waals surface area contributed by atoms with Gasteiger partial charge in [0, 0.05) is 18.3 Å². The smallest absolute Gasteiger partial charge is 0.316 e. The number of hydrogen-bond donors (Lipinski definition) is 2. The lowest BCUT2D eigenvalue weighted by molar-refractivity contribution is 0.191. The van der Waals surface area contributed by atoms with Crippen LogP contribution in [-0.2, 0) is 6.42 Å². The van der Waals surface area contributed by atoms with Crippen molar-refractivity contribution >= 4 is 11.7 Å². The Balaban J connectivity index is 0.000000229. The number of nitrogens with zero attached hydrogens (tertiary/aromatic N) is 1. The molecule has 4 nitrogen and oxygen atoms in total. The molecule has 2 fully saturated rings. The normalized spacial score (nSPS) is 16.5. The molecule has 4 rings (SSSR count). The highest BCUT2D eigenvalue weighted by atomic mass is 19.1. The van der Waals surface area contributed by atoms with E-state index in [1.807, 2.05) is 30.3 Å². The number of aryl methyl sites for hydroxylation is 1. The number of halogens is 1. The van der Waals surface area contributed by atoms with E-state index >= 15 is 0 Å². The predicted octanol–water partition coefficient (Wildman–Crippen LogP) is 5.98. The molecule has 2 aromatic carbocycles. The first-order chi connectivity index (χ1) is 15.1. The van der Waals surface area contributed by atoms with E-state index in [1.165, 1.54) is 70.0 Å². The number of primary amides is 1. The number of rotatable bonds is 8. The number of para-hydroxylation sites is 1. The fourth-order valence-electron chi connectivity index (χ4n) is 4.37. The Kier molecular flexibility index (Phi) is 9.35. The molecule has 2 amide bonds. The Bertz CT molecular complexity index is 771. The molecule has 0 radical (unpaired) electrons. The lowest BCUT2D eigenvalue weighted by atomic mass is 9.89. The minimum absolute atomic E-state index is 0.129. The minimum atomic E-state index is -0.536. The number of carbonyl (C=O) groups is 1.